The van der Waals surface area contributed by atoms with E-state index in [1.54, 1.807) is 0 Å². The number of hydrogen-bond donors (Lipinski definition) is 1. The number of urea groups is 1. The summed E-state index contributed by atoms with van der Waals surface area (Å²) < 4.78 is 0. The van der Waals surface area contributed by atoms with Crippen LogP contribution in [0.3, 0.4) is 0 Å². The van der Waals surface area contributed by atoms with Gasteiger partial charge in [-0.25, -0.2) is 14.8 Å². The molecule has 4 rings (SSSR count). The van der Waals surface area contributed by atoms with Gasteiger partial charge in [0.15, 0.2) is 0 Å². The number of aryl methyl sites for hydroxylation is 1. The van der Waals surface area contributed by atoms with Crippen LogP contribution >= 0.6 is 0 Å². The van der Waals surface area contributed by atoms with E-state index in [0.717, 1.165) is 41.9 Å². The molecule has 118 valence electrons. The predicted octanol–water partition coefficient (Wildman–Crippen LogP) is 2.76. The van der Waals surface area contributed by atoms with Gasteiger partial charge in [0.05, 0.1) is 11.7 Å². The van der Waals surface area contributed by atoms with E-state index >= 15 is 0 Å². The summed E-state index contributed by atoms with van der Waals surface area (Å²) in [5, 5.41) is 3.06. The number of benzene rings is 1. The SMILES string of the molecule is Cc1ncc2c(n1)C[C@@H]1CC[C@H]2N1C(=O)NCc1ccccc1. The van der Waals surface area contributed by atoms with Gasteiger partial charge in [0, 0.05) is 30.8 Å². The van der Waals surface area contributed by atoms with Crippen LogP contribution in [0.1, 0.15) is 41.5 Å². The molecule has 2 atom stereocenters. The molecule has 1 aromatic carbocycles. The van der Waals surface area contributed by atoms with E-state index in [1.165, 1.54) is 0 Å². The minimum absolute atomic E-state index is 0.0209. The Bertz CT molecular complexity index is 731. The molecule has 0 spiro atoms. The summed E-state index contributed by atoms with van der Waals surface area (Å²) in [6, 6.07) is 10.4. The Morgan fingerprint density at radius 2 is 2.13 bits per heavy atom. The number of carbonyl (C=O) groups is 1. The lowest BCUT2D eigenvalue weighted by atomic mass is 9.99. The Morgan fingerprint density at radius 3 is 2.96 bits per heavy atom. The van der Waals surface area contributed by atoms with E-state index < -0.39 is 0 Å². The molecule has 1 saturated heterocycles. The lowest BCUT2D eigenvalue weighted by Gasteiger charge is -2.35. The molecule has 0 saturated carbocycles. The van der Waals surface area contributed by atoms with Crippen LogP contribution in [-0.4, -0.2) is 26.9 Å². The van der Waals surface area contributed by atoms with Gasteiger partial charge in [-0.05, 0) is 25.3 Å². The monoisotopic (exact) mass is 308 g/mol. The van der Waals surface area contributed by atoms with Gasteiger partial charge in [-0.15, -0.1) is 0 Å². The second-order valence-electron chi connectivity index (χ2n) is 6.32. The summed E-state index contributed by atoms with van der Waals surface area (Å²) >= 11 is 0. The molecular formula is C18H20N4O. The first-order valence-corrected chi connectivity index (χ1v) is 8.15. The second-order valence-corrected chi connectivity index (χ2v) is 6.32. The van der Waals surface area contributed by atoms with Crippen molar-refractivity contribution < 1.29 is 4.79 Å². The summed E-state index contributed by atoms with van der Waals surface area (Å²) in [5.74, 6) is 0.810. The topological polar surface area (TPSA) is 58.1 Å². The van der Waals surface area contributed by atoms with Gasteiger partial charge in [-0.3, -0.25) is 0 Å². The van der Waals surface area contributed by atoms with Crippen molar-refractivity contribution in [3.05, 3.63) is 59.2 Å². The van der Waals surface area contributed by atoms with Gasteiger partial charge < -0.3 is 10.2 Å². The summed E-state index contributed by atoms with van der Waals surface area (Å²) in [4.78, 5) is 23.6. The summed E-state index contributed by atoms with van der Waals surface area (Å²) in [6.45, 7) is 2.48. The van der Waals surface area contributed by atoms with Crippen LogP contribution in [-0.2, 0) is 13.0 Å². The van der Waals surface area contributed by atoms with Crippen molar-refractivity contribution in [3.63, 3.8) is 0 Å². The average molecular weight is 308 g/mol. The summed E-state index contributed by atoms with van der Waals surface area (Å²) in [5.41, 5.74) is 3.36. The normalized spacial score (nSPS) is 21.9. The molecule has 0 unspecified atom stereocenters. The van der Waals surface area contributed by atoms with Crippen molar-refractivity contribution in [2.24, 2.45) is 0 Å². The van der Waals surface area contributed by atoms with Crippen LogP contribution in [0.5, 0.6) is 0 Å². The minimum Gasteiger partial charge on any atom is -0.334 e. The maximum Gasteiger partial charge on any atom is 0.318 e. The van der Waals surface area contributed by atoms with Gasteiger partial charge in [0.25, 0.3) is 0 Å². The van der Waals surface area contributed by atoms with Crippen LogP contribution in [0, 0.1) is 6.92 Å². The first-order valence-electron chi connectivity index (χ1n) is 8.15. The molecule has 1 aromatic heterocycles. The third-order valence-corrected chi connectivity index (χ3v) is 4.83. The fraction of sp³-hybridized carbons (Fsp3) is 0.389. The highest BCUT2D eigenvalue weighted by molar-refractivity contribution is 5.76. The Kier molecular flexibility index (Phi) is 3.48. The summed E-state index contributed by atoms with van der Waals surface area (Å²) in [7, 11) is 0. The molecule has 23 heavy (non-hydrogen) atoms. The fourth-order valence-corrected chi connectivity index (χ4v) is 3.75. The predicted molar refractivity (Wildman–Crippen MR) is 86.8 cm³/mol. The maximum atomic E-state index is 12.7. The highest BCUT2D eigenvalue weighted by Crippen LogP contribution is 2.42. The van der Waals surface area contributed by atoms with E-state index in [-0.39, 0.29) is 18.1 Å². The van der Waals surface area contributed by atoms with E-state index in [4.69, 9.17) is 0 Å². The molecule has 2 aliphatic rings. The Labute approximate surface area is 135 Å². The summed E-state index contributed by atoms with van der Waals surface area (Å²) in [6.07, 6.45) is 4.79. The number of rotatable bonds is 2. The molecule has 2 bridgehead atoms. The molecule has 1 N–H and O–H groups in total. The van der Waals surface area contributed by atoms with Crippen molar-refractivity contribution in [2.75, 3.05) is 0 Å². The van der Waals surface area contributed by atoms with Gasteiger partial charge in [-0.2, -0.15) is 0 Å². The number of hydrogen-bond acceptors (Lipinski definition) is 3. The second kappa shape index (κ2) is 5.65. The van der Waals surface area contributed by atoms with Crippen LogP contribution < -0.4 is 5.32 Å². The molecule has 2 aliphatic heterocycles. The molecular weight excluding hydrogens is 288 g/mol. The number of nitrogens with zero attached hydrogens (tertiary/aromatic N) is 3. The van der Waals surface area contributed by atoms with E-state index in [9.17, 15) is 4.79 Å². The molecule has 2 aromatic rings. The first kappa shape index (κ1) is 14.2. The largest absolute Gasteiger partial charge is 0.334 e. The zero-order valence-corrected chi connectivity index (χ0v) is 13.2. The number of aromatic nitrogens is 2. The number of nitrogens with one attached hydrogen (secondary N) is 1. The number of fused-ring (bicyclic) bond motifs is 4. The van der Waals surface area contributed by atoms with Gasteiger partial charge in [0.2, 0.25) is 0 Å². The van der Waals surface area contributed by atoms with Crippen molar-refractivity contribution in [1.29, 1.82) is 0 Å². The van der Waals surface area contributed by atoms with Gasteiger partial charge in [0.1, 0.15) is 5.82 Å². The highest BCUT2D eigenvalue weighted by Gasteiger charge is 2.43. The van der Waals surface area contributed by atoms with Crippen LogP contribution in [0.2, 0.25) is 0 Å². The van der Waals surface area contributed by atoms with Gasteiger partial charge >= 0.3 is 6.03 Å². The lowest BCUT2D eigenvalue weighted by Crippen LogP contribution is -2.47. The molecule has 1 fully saturated rings. The molecule has 3 heterocycles. The van der Waals surface area contributed by atoms with E-state index in [0.29, 0.717) is 6.54 Å². The quantitative estimate of drug-likeness (QED) is 0.928. The zero-order chi connectivity index (χ0) is 15.8. The lowest BCUT2D eigenvalue weighted by molar-refractivity contribution is 0.164. The van der Waals surface area contributed by atoms with Crippen molar-refractivity contribution in [1.82, 2.24) is 20.2 Å². The smallest absolute Gasteiger partial charge is 0.318 e. The maximum absolute atomic E-state index is 12.7. The van der Waals surface area contributed by atoms with E-state index in [2.05, 4.69) is 15.3 Å². The molecule has 2 amide bonds. The van der Waals surface area contributed by atoms with Gasteiger partial charge in [-0.1, -0.05) is 30.3 Å². The Hall–Kier alpha value is -2.43. The number of carbonyl (C=O) groups excluding carboxylic acids is 1. The number of amides is 2. The first-order chi connectivity index (χ1) is 11.2. The Balaban J connectivity index is 1.51. The van der Waals surface area contributed by atoms with Crippen LogP contribution in [0.4, 0.5) is 4.79 Å². The zero-order valence-electron chi connectivity index (χ0n) is 13.2. The highest BCUT2D eigenvalue weighted by atomic mass is 16.2. The third kappa shape index (κ3) is 2.56. The van der Waals surface area contributed by atoms with Crippen molar-refractivity contribution in [2.45, 2.75) is 44.8 Å². The minimum atomic E-state index is 0.0209. The van der Waals surface area contributed by atoms with Crippen molar-refractivity contribution in [3.8, 4) is 0 Å². The van der Waals surface area contributed by atoms with Crippen LogP contribution in [0.25, 0.3) is 0 Å². The molecule has 0 aliphatic carbocycles. The van der Waals surface area contributed by atoms with Crippen LogP contribution in [0.15, 0.2) is 36.5 Å². The standard InChI is InChI=1S/C18H20N4O/c1-12-19-11-15-16(21-12)9-14-7-8-17(15)22(14)18(23)20-10-13-5-3-2-4-6-13/h2-6,11,14,17H,7-10H2,1H3,(H,20,23)/t14-,17+/m0/s1. The average Bonchev–Trinajstić information content (AvgIpc) is 2.89. The molecule has 5 nitrogen and oxygen atoms in total. The molecule has 0 radical (unpaired) electrons. The third-order valence-electron chi connectivity index (χ3n) is 4.83. The van der Waals surface area contributed by atoms with Crippen molar-refractivity contribution >= 4 is 6.03 Å². The Morgan fingerprint density at radius 1 is 1.30 bits per heavy atom. The fourth-order valence-electron chi connectivity index (χ4n) is 3.75. The molecule has 5 heteroatoms. The van der Waals surface area contributed by atoms with E-state index in [1.807, 2.05) is 48.4 Å².